The molecule has 0 atom stereocenters. The number of thiophene rings is 1. The Hall–Kier alpha value is -1.22. The number of hydrogen-bond acceptors (Lipinski definition) is 4. The Bertz CT molecular complexity index is 756. The van der Waals surface area contributed by atoms with Crippen LogP contribution in [0.25, 0.3) is 0 Å². The second-order valence-corrected chi connectivity index (χ2v) is 8.32. The first kappa shape index (κ1) is 16.2. The van der Waals surface area contributed by atoms with Crippen molar-refractivity contribution in [3.05, 3.63) is 51.3 Å². The van der Waals surface area contributed by atoms with Gasteiger partial charge in [0.05, 0.1) is 6.54 Å². The second-order valence-electron chi connectivity index (χ2n) is 4.12. The van der Waals surface area contributed by atoms with Gasteiger partial charge in [-0.1, -0.05) is 22.0 Å². The number of hydrogen-bond donors (Lipinski definition) is 2. The Morgan fingerprint density at radius 1 is 1.29 bits per heavy atom. The largest absolute Gasteiger partial charge is 0.347 e. The van der Waals surface area contributed by atoms with Crippen molar-refractivity contribution >= 4 is 43.2 Å². The lowest BCUT2D eigenvalue weighted by Crippen LogP contribution is -2.22. The van der Waals surface area contributed by atoms with Gasteiger partial charge in [0.2, 0.25) is 10.0 Å². The van der Waals surface area contributed by atoms with Crippen LogP contribution in [-0.4, -0.2) is 21.4 Å². The van der Waals surface area contributed by atoms with E-state index in [0.717, 1.165) is 20.7 Å². The van der Waals surface area contributed by atoms with Gasteiger partial charge in [-0.15, -0.1) is 11.3 Å². The van der Waals surface area contributed by atoms with Crippen LogP contribution < -0.4 is 10.0 Å². The number of amides is 1. The van der Waals surface area contributed by atoms with Crippen molar-refractivity contribution in [3.8, 4) is 0 Å². The zero-order valence-corrected chi connectivity index (χ0v) is 14.3. The molecule has 0 bridgehead atoms. The topological polar surface area (TPSA) is 75.3 Å². The van der Waals surface area contributed by atoms with Crippen LogP contribution in [0.5, 0.6) is 0 Å². The normalized spacial score (nSPS) is 11.3. The molecule has 1 heterocycles. The monoisotopic (exact) mass is 388 g/mol. The van der Waals surface area contributed by atoms with Crippen molar-refractivity contribution in [2.75, 3.05) is 7.05 Å². The van der Waals surface area contributed by atoms with Gasteiger partial charge in [0.25, 0.3) is 5.91 Å². The smallest absolute Gasteiger partial charge is 0.251 e. The fraction of sp³-hybridized carbons (Fsp3) is 0.154. The molecule has 1 amide bonds. The molecule has 1 aromatic heterocycles. The van der Waals surface area contributed by atoms with Crippen LogP contribution in [0.1, 0.15) is 15.2 Å². The summed E-state index contributed by atoms with van der Waals surface area (Å²) in [5.74, 6) is -0.206. The average molecular weight is 389 g/mol. The lowest BCUT2D eigenvalue weighted by molar-refractivity contribution is 0.0951. The molecule has 0 saturated carbocycles. The maximum atomic E-state index is 12.0. The number of carbonyl (C=O) groups excluding carboxylic acids is 1. The quantitative estimate of drug-likeness (QED) is 0.825. The van der Waals surface area contributed by atoms with Gasteiger partial charge >= 0.3 is 0 Å². The molecule has 5 nitrogen and oxygen atoms in total. The molecule has 0 aliphatic heterocycles. The maximum Gasteiger partial charge on any atom is 0.251 e. The highest BCUT2D eigenvalue weighted by atomic mass is 79.9. The van der Waals surface area contributed by atoms with Crippen LogP contribution in [0, 0.1) is 0 Å². The van der Waals surface area contributed by atoms with Gasteiger partial charge in [0, 0.05) is 14.9 Å². The molecule has 1 aromatic carbocycles. The molecule has 0 radical (unpaired) electrons. The van der Waals surface area contributed by atoms with E-state index >= 15 is 0 Å². The van der Waals surface area contributed by atoms with Gasteiger partial charge in [0.1, 0.15) is 4.21 Å². The highest BCUT2D eigenvalue weighted by molar-refractivity contribution is 9.10. The van der Waals surface area contributed by atoms with E-state index < -0.39 is 10.0 Å². The molecule has 2 aromatic rings. The van der Waals surface area contributed by atoms with Gasteiger partial charge in [-0.05, 0) is 37.4 Å². The van der Waals surface area contributed by atoms with Crippen molar-refractivity contribution in [3.63, 3.8) is 0 Å². The molecule has 0 spiro atoms. The van der Waals surface area contributed by atoms with Crippen LogP contribution in [-0.2, 0) is 16.6 Å². The van der Waals surface area contributed by atoms with Crippen LogP contribution in [0.2, 0.25) is 0 Å². The predicted octanol–water partition coefficient (Wildman–Crippen LogP) is 2.35. The summed E-state index contributed by atoms with van der Waals surface area (Å²) in [7, 11) is -2.06. The summed E-state index contributed by atoms with van der Waals surface area (Å²) in [6.45, 7) is 0.287. The summed E-state index contributed by atoms with van der Waals surface area (Å²) >= 11 is 4.44. The first-order valence-electron chi connectivity index (χ1n) is 5.98. The minimum Gasteiger partial charge on any atom is -0.347 e. The second kappa shape index (κ2) is 6.69. The van der Waals surface area contributed by atoms with Gasteiger partial charge in [-0.25, -0.2) is 13.1 Å². The van der Waals surface area contributed by atoms with Crippen LogP contribution >= 0.6 is 27.3 Å². The average Bonchev–Trinajstić information content (AvgIpc) is 2.94. The van der Waals surface area contributed by atoms with Gasteiger partial charge < -0.3 is 5.32 Å². The summed E-state index contributed by atoms with van der Waals surface area (Å²) < 4.78 is 26.6. The molecule has 112 valence electrons. The Morgan fingerprint density at radius 3 is 2.71 bits per heavy atom. The molecule has 2 rings (SSSR count). The minimum absolute atomic E-state index is 0.206. The number of nitrogens with one attached hydrogen (secondary N) is 2. The standard InChI is InChI=1S/C13H13BrN2O3S2/c1-15-21(18,19)12-6-5-11(20-12)8-16-13(17)9-3-2-4-10(14)7-9/h2-7,15H,8H2,1H3,(H,16,17). The van der Waals surface area contributed by atoms with Crippen LogP contribution in [0.15, 0.2) is 45.1 Å². The van der Waals surface area contributed by atoms with Crippen molar-refractivity contribution in [2.45, 2.75) is 10.8 Å². The first-order valence-corrected chi connectivity index (χ1v) is 9.07. The number of benzene rings is 1. The van der Waals surface area contributed by atoms with E-state index in [4.69, 9.17) is 0 Å². The molecule has 0 unspecified atom stereocenters. The number of rotatable bonds is 5. The van der Waals surface area contributed by atoms with E-state index in [1.807, 2.05) is 6.07 Å². The predicted molar refractivity (Wildman–Crippen MR) is 85.9 cm³/mol. The highest BCUT2D eigenvalue weighted by Crippen LogP contribution is 2.21. The van der Waals surface area contributed by atoms with Crippen molar-refractivity contribution < 1.29 is 13.2 Å². The Labute approximate surface area is 135 Å². The molecular formula is C13H13BrN2O3S2. The van der Waals surface area contributed by atoms with Crippen molar-refractivity contribution in [2.24, 2.45) is 0 Å². The number of sulfonamides is 1. The Balaban J connectivity index is 2.02. The molecule has 8 heteroatoms. The lowest BCUT2D eigenvalue weighted by Gasteiger charge is -2.04. The van der Waals surface area contributed by atoms with Gasteiger partial charge in [-0.3, -0.25) is 4.79 Å². The summed E-state index contributed by atoms with van der Waals surface area (Å²) in [5.41, 5.74) is 0.545. The summed E-state index contributed by atoms with van der Waals surface area (Å²) in [6, 6.07) is 10.3. The third-order valence-corrected chi connectivity index (χ3v) is 6.17. The van der Waals surface area contributed by atoms with E-state index in [-0.39, 0.29) is 16.7 Å². The fourth-order valence-electron chi connectivity index (χ4n) is 1.60. The SMILES string of the molecule is CNS(=O)(=O)c1ccc(CNC(=O)c2cccc(Br)c2)s1. The summed E-state index contributed by atoms with van der Waals surface area (Å²) in [4.78, 5) is 12.7. The molecule has 0 saturated heterocycles. The van der Waals surface area contributed by atoms with E-state index in [2.05, 4.69) is 26.0 Å². The summed E-state index contributed by atoms with van der Waals surface area (Å²) in [6.07, 6.45) is 0. The van der Waals surface area contributed by atoms with Crippen LogP contribution in [0.3, 0.4) is 0 Å². The minimum atomic E-state index is -3.42. The van der Waals surface area contributed by atoms with E-state index in [1.54, 1.807) is 24.3 Å². The van der Waals surface area contributed by atoms with Crippen LogP contribution in [0.4, 0.5) is 0 Å². The van der Waals surface area contributed by atoms with Crippen molar-refractivity contribution in [1.29, 1.82) is 0 Å². The van der Waals surface area contributed by atoms with Gasteiger partial charge in [-0.2, -0.15) is 0 Å². The molecule has 21 heavy (non-hydrogen) atoms. The molecule has 2 N–H and O–H groups in total. The Morgan fingerprint density at radius 2 is 2.05 bits per heavy atom. The molecular weight excluding hydrogens is 376 g/mol. The zero-order chi connectivity index (χ0) is 15.5. The maximum absolute atomic E-state index is 12.0. The van der Waals surface area contributed by atoms with Crippen molar-refractivity contribution in [1.82, 2.24) is 10.0 Å². The van der Waals surface area contributed by atoms with E-state index in [1.165, 1.54) is 13.1 Å². The highest BCUT2D eigenvalue weighted by Gasteiger charge is 2.14. The van der Waals surface area contributed by atoms with E-state index in [9.17, 15) is 13.2 Å². The zero-order valence-electron chi connectivity index (χ0n) is 11.1. The number of carbonyl (C=O) groups is 1. The third-order valence-electron chi connectivity index (χ3n) is 2.68. The molecule has 0 aliphatic carbocycles. The third kappa shape index (κ3) is 4.13. The molecule has 0 aliphatic rings. The Kier molecular flexibility index (Phi) is 5.15. The van der Waals surface area contributed by atoms with E-state index in [0.29, 0.717) is 5.56 Å². The summed E-state index contributed by atoms with van der Waals surface area (Å²) in [5, 5.41) is 2.76. The number of halogens is 1. The molecule has 0 fully saturated rings. The fourth-order valence-corrected chi connectivity index (χ4v) is 4.13. The first-order chi connectivity index (χ1) is 9.92. The van der Waals surface area contributed by atoms with Gasteiger partial charge in [0.15, 0.2) is 0 Å². The lowest BCUT2D eigenvalue weighted by atomic mass is 10.2.